The lowest BCUT2D eigenvalue weighted by atomic mass is 9.66. The van der Waals surface area contributed by atoms with Gasteiger partial charge in [-0.15, -0.1) is 0 Å². The molecule has 5 rings (SSSR count). The third-order valence-corrected chi connectivity index (χ3v) is 6.33. The summed E-state index contributed by atoms with van der Waals surface area (Å²) >= 11 is 0. The molecule has 1 aromatic carbocycles. The molecule has 2 saturated heterocycles. The number of barbiturate groups is 1. The predicted molar refractivity (Wildman–Crippen MR) is 109 cm³/mol. The number of hydrogen-bond acceptors (Lipinski definition) is 6. The van der Waals surface area contributed by atoms with Crippen molar-refractivity contribution in [2.75, 3.05) is 11.4 Å². The number of ether oxygens (including phenoxy) is 1. The molecule has 1 spiro atoms. The lowest BCUT2D eigenvalue weighted by molar-refractivity contribution is -0.153. The van der Waals surface area contributed by atoms with Gasteiger partial charge in [-0.1, -0.05) is 12.1 Å². The van der Waals surface area contributed by atoms with E-state index in [0.29, 0.717) is 6.54 Å². The van der Waals surface area contributed by atoms with Crippen LogP contribution in [0, 0.1) is 5.41 Å². The Labute approximate surface area is 173 Å². The Kier molecular flexibility index (Phi) is 4.14. The molecular formula is C22H22N4O4. The van der Waals surface area contributed by atoms with Crippen molar-refractivity contribution in [1.82, 2.24) is 15.6 Å². The third kappa shape index (κ3) is 2.64. The van der Waals surface area contributed by atoms with E-state index in [2.05, 4.69) is 26.6 Å². The smallest absolute Gasteiger partial charge is 0.328 e. The maximum atomic E-state index is 13.1. The molecule has 30 heavy (non-hydrogen) atoms. The number of nitrogens with one attached hydrogen (secondary N) is 2. The monoisotopic (exact) mass is 406 g/mol. The van der Waals surface area contributed by atoms with E-state index in [4.69, 9.17) is 4.74 Å². The van der Waals surface area contributed by atoms with Gasteiger partial charge in [-0.2, -0.15) is 0 Å². The number of amides is 4. The molecule has 1 aromatic heterocycles. The van der Waals surface area contributed by atoms with E-state index in [-0.39, 0.29) is 18.6 Å². The quantitative estimate of drug-likeness (QED) is 0.699. The van der Waals surface area contributed by atoms with Gasteiger partial charge < -0.3 is 9.64 Å². The number of rotatable bonds is 1. The Hall–Kier alpha value is -3.26. The first kappa shape index (κ1) is 18.7. The maximum Gasteiger partial charge on any atom is 0.328 e. The van der Waals surface area contributed by atoms with E-state index >= 15 is 0 Å². The Balaban J connectivity index is 1.67. The van der Waals surface area contributed by atoms with Gasteiger partial charge in [0.15, 0.2) is 5.41 Å². The first-order valence-electron chi connectivity index (χ1n) is 10.0. The first-order valence-corrected chi connectivity index (χ1v) is 10.0. The largest absolute Gasteiger partial charge is 0.372 e. The number of nitrogens with zero attached hydrogens (tertiary/aromatic N) is 2. The number of benzene rings is 1. The van der Waals surface area contributed by atoms with E-state index in [0.717, 1.165) is 22.4 Å². The van der Waals surface area contributed by atoms with Gasteiger partial charge in [0.2, 0.25) is 11.8 Å². The highest BCUT2D eigenvalue weighted by Crippen LogP contribution is 2.47. The molecule has 8 nitrogen and oxygen atoms in total. The van der Waals surface area contributed by atoms with Crippen molar-refractivity contribution in [3.63, 3.8) is 0 Å². The molecule has 154 valence electrons. The van der Waals surface area contributed by atoms with Crippen LogP contribution in [0.25, 0.3) is 11.1 Å². The van der Waals surface area contributed by atoms with Crippen molar-refractivity contribution in [2.24, 2.45) is 5.41 Å². The number of carbonyl (C=O) groups is 3. The average Bonchev–Trinajstić information content (AvgIpc) is 2.72. The highest BCUT2D eigenvalue weighted by molar-refractivity contribution is 6.20. The summed E-state index contributed by atoms with van der Waals surface area (Å²) in [6, 6.07) is 8.63. The van der Waals surface area contributed by atoms with Crippen LogP contribution in [0.2, 0.25) is 0 Å². The second-order valence-corrected chi connectivity index (χ2v) is 8.21. The Morgan fingerprint density at radius 1 is 1.03 bits per heavy atom. The van der Waals surface area contributed by atoms with Crippen LogP contribution in [0.5, 0.6) is 0 Å². The van der Waals surface area contributed by atoms with Crippen molar-refractivity contribution in [3.05, 3.63) is 48.3 Å². The van der Waals surface area contributed by atoms with Crippen LogP contribution in [-0.4, -0.2) is 47.6 Å². The maximum absolute atomic E-state index is 13.1. The minimum absolute atomic E-state index is 0.0693. The van der Waals surface area contributed by atoms with E-state index < -0.39 is 29.3 Å². The van der Waals surface area contributed by atoms with Crippen LogP contribution >= 0.6 is 0 Å². The first-order chi connectivity index (χ1) is 14.4. The van der Waals surface area contributed by atoms with E-state index in [9.17, 15) is 14.4 Å². The van der Waals surface area contributed by atoms with Crippen molar-refractivity contribution < 1.29 is 19.1 Å². The highest BCUT2D eigenvalue weighted by atomic mass is 16.5. The third-order valence-electron chi connectivity index (χ3n) is 6.33. The van der Waals surface area contributed by atoms with Gasteiger partial charge in [0.25, 0.3) is 0 Å². The minimum Gasteiger partial charge on any atom is -0.372 e. The van der Waals surface area contributed by atoms with Gasteiger partial charge in [0.1, 0.15) is 0 Å². The van der Waals surface area contributed by atoms with Crippen LogP contribution in [-0.2, 0) is 20.7 Å². The fraction of sp³-hybridized carbons (Fsp3) is 0.364. The summed E-state index contributed by atoms with van der Waals surface area (Å²) in [6.07, 6.45) is 3.25. The topological polar surface area (TPSA) is 101 Å². The number of anilines is 1. The lowest BCUT2D eigenvalue weighted by Crippen LogP contribution is -2.75. The Morgan fingerprint density at radius 2 is 1.73 bits per heavy atom. The van der Waals surface area contributed by atoms with Crippen LogP contribution in [0.4, 0.5) is 10.5 Å². The summed E-state index contributed by atoms with van der Waals surface area (Å²) in [5.41, 5.74) is 2.52. The molecule has 3 aliphatic heterocycles. The van der Waals surface area contributed by atoms with Crippen molar-refractivity contribution in [1.29, 1.82) is 0 Å². The van der Waals surface area contributed by atoms with Crippen molar-refractivity contribution in [3.8, 4) is 11.1 Å². The molecule has 4 amide bonds. The number of carbonyl (C=O) groups excluding carboxylic acids is 3. The normalized spacial score (nSPS) is 27.2. The fourth-order valence-corrected chi connectivity index (χ4v) is 5.15. The molecule has 3 atom stereocenters. The van der Waals surface area contributed by atoms with Gasteiger partial charge in [-0.05, 0) is 55.2 Å². The molecule has 4 heterocycles. The second-order valence-electron chi connectivity index (χ2n) is 8.21. The van der Waals surface area contributed by atoms with Crippen LogP contribution in [0.3, 0.4) is 0 Å². The summed E-state index contributed by atoms with van der Waals surface area (Å²) < 4.78 is 6.04. The number of urea groups is 1. The summed E-state index contributed by atoms with van der Waals surface area (Å²) in [4.78, 5) is 44.1. The summed E-state index contributed by atoms with van der Waals surface area (Å²) in [5.74, 6) is -1.14. The molecule has 3 unspecified atom stereocenters. The molecule has 0 radical (unpaired) electrons. The molecule has 2 aromatic rings. The fourth-order valence-electron chi connectivity index (χ4n) is 5.15. The molecule has 0 aliphatic carbocycles. The van der Waals surface area contributed by atoms with Gasteiger partial charge >= 0.3 is 6.03 Å². The number of imide groups is 2. The zero-order valence-electron chi connectivity index (χ0n) is 16.7. The number of fused-ring (bicyclic) bond motifs is 4. The van der Waals surface area contributed by atoms with E-state index in [1.807, 2.05) is 38.1 Å². The van der Waals surface area contributed by atoms with Gasteiger partial charge in [-0.3, -0.25) is 25.2 Å². The highest BCUT2D eigenvalue weighted by Gasteiger charge is 2.62. The van der Waals surface area contributed by atoms with E-state index in [1.54, 1.807) is 12.4 Å². The van der Waals surface area contributed by atoms with Crippen molar-refractivity contribution >= 4 is 23.5 Å². The predicted octanol–water partition coefficient (Wildman–Crippen LogP) is 1.64. The molecule has 0 saturated carbocycles. The summed E-state index contributed by atoms with van der Waals surface area (Å²) in [5, 5.41) is 4.61. The van der Waals surface area contributed by atoms with Crippen LogP contribution < -0.4 is 15.5 Å². The standard InChI is InChI=1S/C22H22N4O4/c1-12-11-26-17-9-15(14-5-7-23-8-6-14)3-4-16(17)10-22(18(26)13(2)30-12)19(27)24-21(29)25-20(22)28/h3-9,12-13,18H,10-11H2,1-2H3,(H2,24,25,27,28,29). The molecular weight excluding hydrogens is 384 g/mol. The number of hydrogen-bond donors (Lipinski definition) is 2. The van der Waals surface area contributed by atoms with Crippen LogP contribution in [0.15, 0.2) is 42.7 Å². The average molecular weight is 406 g/mol. The van der Waals surface area contributed by atoms with Gasteiger partial charge in [0, 0.05) is 24.6 Å². The number of aromatic nitrogens is 1. The molecule has 3 aliphatic rings. The van der Waals surface area contributed by atoms with Crippen LogP contribution in [0.1, 0.15) is 19.4 Å². The molecule has 2 fully saturated rings. The SMILES string of the molecule is CC1CN2c3cc(-c4ccncc4)ccc3CC3(C(=O)NC(=O)NC3=O)C2C(C)O1. The molecule has 0 bridgehead atoms. The number of morpholine rings is 1. The van der Waals surface area contributed by atoms with E-state index in [1.165, 1.54) is 0 Å². The Morgan fingerprint density at radius 3 is 2.43 bits per heavy atom. The Bertz CT molecular complexity index is 1030. The number of pyridine rings is 1. The minimum atomic E-state index is -1.43. The summed E-state index contributed by atoms with van der Waals surface area (Å²) in [6.45, 7) is 4.40. The molecule has 8 heteroatoms. The summed E-state index contributed by atoms with van der Waals surface area (Å²) in [7, 11) is 0. The van der Waals surface area contributed by atoms with Gasteiger partial charge in [-0.25, -0.2) is 4.79 Å². The lowest BCUT2D eigenvalue weighted by Gasteiger charge is -2.55. The second kappa shape index (κ2) is 6.63. The zero-order chi connectivity index (χ0) is 21.0. The van der Waals surface area contributed by atoms with Crippen molar-refractivity contribution in [2.45, 2.75) is 38.5 Å². The molecule has 2 N–H and O–H groups in total. The van der Waals surface area contributed by atoms with Gasteiger partial charge in [0.05, 0.1) is 18.2 Å². The zero-order valence-corrected chi connectivity index (χ0v) is 16.7.